The van der Waals surface area contributed by atoms with Gasteiger partial charge in [-0.25, -0.2) is 4.79 Å². The number of esters is 1. The summed E-state index contributed by atoms with van der Waals surface area (Å²) in [6.07, 6.45) is 0. The van der Waals surface area contributed by atoms with Gasteiger partial charge in [-0.15, -0.1) is 0 Å². The number of ether oxygens (including phenoxy) is 2. The molecule has 4 aromatic rings. The minimum absolute atomic E-state index is 0.0497. The third-order valence-electron chi connectivity index (χ3n) is 4.44. The Balaban J connectivity index is 1.51. The minimum atomic E-state index is -0.557. The fraction of sp³-hybridized carbons (Fsp3) is 0.0833. The SMILES string of the molecule is O=C(COc1cc(O)c2c(=O)cc(-c3ccccc3)oc2c1)OCc1ccccc1. The van der Waals surface area contributed by atoms with E-state index in [0.29, 0.717) is 5.76 Å². The van der Waals surface area contributed by atoms with E-state index in [1.165, 1.54) is 18.2 Å². The topological polar surface area (TPSA) is 86.0 Å². The van der Waals surface area contributed by atoms with E-state index in [1.807, 2.05) is 60.7 Å². The van der Waals surface area contributed by atoms with Crippen molar-refractivity contribution in [2.75, 3.05) is 6.61 Å². The van der Waals surface area contributed by atoms with Crippen molar-refractivity contribution in [3.63, 3.8) is 0 Å². The van der Waals surface area contributed by atoms with Crippen molar-refractivity contribution in [2.45, 2.75) is 6.61 Å². The molecule has 0 bridgehead atoms. The molecule has 0 radical (unpaired) electrons. The van der Waals surface area contributed by atoms with Crippen LogP contribution in [0, 0.1) is 0 Å². The van der Waals surface area contributed by atoms with Gasteiger partial charge in [-0.1, -0.05) is 60.7 Å². The molecule has 0 saturated carbocycles. The summed E-state index contributed by atoms with van der Waals surface area (Å²) in [6, 6.07) is 22.5. The van der Waals surface area contributed by atoms with E-state index in [0.717, 1.165) is 11.1 Å². The number of hydrogen-bond donors (Lipinski definition) is 1. The third kappa shape index (κ3) is 4.33. The monoisotopic (exact) mass is 402 g/mol. The lowest BCUT2D eigenvalue weighted by molar-refractivity contribution is -0.147. The molecule has 4 rings (SSSR count). The Bertz CT molecular complexity index is 1230. The lowest BCUT2D eigenvalue weighted by Crippen LogP contribution is -2.14. The predicted molar refractivity (Wildman–Crippen MR) is 111 cm³/mol. The van der Waals surface area contributed by atoms with Gasteiger partial charge in [0.25, 0.3) is 0 Å². The van der Waals surface area contributed by atoms with Crippen molar-refractivity contribution in [3.8, 4) is 22.8 Å². The zero-order chi connectivity index (χ0) is 20.9. The number of hydrogen-bond acceptors (Lipinski definition) is 6. The van der Waals surface area contributed by atoms with Gasteiger partial charge in [0.2, 0.25) is 0 Å². The van der Waals surface area contributed by atoms with Crippen molar-refractivity contribution < 1.29 is 23.8 Å². The summed E-state index contributed by atoms with van der Waals surface area (Å²) in [5.41, 5.74) is 1.38. The summed E-state index contributed by atoms with van der Waals surface area (Å²) in [5.74, 6) is -0.289. The van der Waals surface area contributed by atoms with Gasteiger partial charge in [-0.2, -0.15) is 0 Å². The first-order chi connectivity index (χ1) is 14.6. The first-order valence-electron chi connectivity index (χ1n) is 9.29. The van der Waals surface area contributed by atoms with Crippen LogP contribution in [0.5, 0.6) is 11.5 Å². The molecule has 6 heteroatoms. The fourth-order valence-electron chi connectivity index (χ4n) is 2.99. The Hall–Kier alpha value is -4.06. The molecule has 150 valence electrons. The van der Waals surface area contributed by atoms with E-state index < -0.39 is 5.97 Å². The van der Waals surface area contributed by atoms with Gasteiger partial charge in [0, 0.05) is 23.8 Å². The number of benzene rings is 3. The summed E-state index contributed by atoms with van der Waals surface area (Å²) in [4.78, 5) is 24.4. The van der Waals surface area contributed by atoms with Gasteiger partial charge < -0.3 is 19.0 Å². The number of carbonyl (C=O) groups is 1. The van der Waals surface area contributed by atoms with E-state index in [-0.39, 0.29) is 41.1 Å². The van der Waals surface area contributed by atoms with Crippen molar-refractivity contribution >= 4 is 16.9 Å². The van der Waals surface area contributed by atoms with Crippen LogP contribution >= 0.6 is 0 Å². The molecule has 0 aliphatic rings. The van der Waals surface area contributed by atoms with Gasteiger partial charge in [-0.05, 0) is 5.56 Å². The molecule has 0 saturated heterocycles. The largest absolute Gasteiger partial charge is 0.507 e. The van der Waals surface area contributed by atoms with Crippen LogP contribution in [0.1, 0.15) is 5.56 Å². The Morgan fingerprint density at radius 3 is 2.37 bits per heavy atom. The molecule has 1 N–H and O–H groups in total. The second-order valence-electron chi connectivity index (χ2n) is 6.59. The number of phenolic OH excluding ortho intramolecular Hbond substituents is 1. The number of carbonyl (C=O) groups excluding carboxylic acids is 1. The zero-order valence-corrected chi connectivity index (χ0v) is 15.9. The number of phenols is 1. The van der Waals surface area contributed by atoms with Gasteiger partial charge in [0.1, 0.15) is 34.8 Å². The van der Waals surface area contributed by atoms with Crippen LogP contribution in [-0.2, 0) is 16.1 Å². The van der Waals surface area contributed by atoms with Crippen molar-refractivity contribution in [1.82, 2.24) is 0 Å². The molecular formula is C24H18O6. The van der Waals surface area contributed by atoms with Crippen molar-refractivity contribution in [2.24, 2.45) is 0 Å². The Morgan fingerprint density at radius 1 is 0.933 bits per heavy atom. The number of aromatic hydroxyl groups is 1. The highest BCUT2D eigenvalue weighted by atomic mass is 16.6. The van der Waals surface area contributed by atoms with E-state index in [1.54, 1.807) is 0 Å². The van der Waals surface area contributed by atoms with Crippen LogP contribution < -0.4 is 10.2 Å². The van der Waals surface area contributed by atoms with Crippen molar-refractivity contribution in [1.29, 1.82) is 0 Å². The lowest BCUT2D eigenvalue weighted by Gasteiger charge is -2.09. The van der Waals surface area contributed by atoms with Crippen LogP contribution in [0.2, 0.25) is 0 Å². The summed E-state index contributed by atoms with van der Waals surface area (Å²) in [5, 5.41) is 10.3. The van der Waals surface area contributed by atoms with Crippen LogP contribution in [-0.4, -0.2) is 17.7 Å². The standard InChI is InChI=1S/C24H18O6/c25-19-11-18(28-15-23(27)29-14-16-7-3-1-4-8-16)12-22-24(19)20(26)13-21(30-22)17-9-5-2-6-10-17/h1-13,25H,14-15H2. The molecule has 1 heterocycles. The lowest BCUT2D eigenvalue weighted by atomic mass is 10.1. The molecule has 6 nitrogen and oxygen atoms in total. The molecule has 0 amide bonds. The quantitative estimate of drug-likeness (QED) is 0.484. The summed E-state index contributed by atoms with van der Waals surface area (Å²) >= 11 is 0. The molecule has 0 atom stereocenters. The maximum atomic E-state index is 12.5. The average molecular weight is 402 g/mol. The molecule has 30 heavy (non-hydrogen) atoms. The molecular weight excluding hydrogens is 384 g/mol. The second-order valence-corrected chi connectivity index (χ2v) is 6.59. The zero-order valence-electron chi connectivity index (χ0n) is 15.9. The predicted octanol–water partition coefficient (Wildman–Crippen LogP) is 4.29. The first-order valence-corrected chi connectivity index (χ1v) is 9.29. The number of rotatable bonds is 6. The second kappa shape index (κ2) is 8.53. The van der Waals surface area contributed by atoms with Gasteiger partial charge >= 0.3 is 5.97 Å². The molecule has 0 unspecified atom stereocenters. The van der Waals surface area contributed by atoms with Crippen LogP contribution in [0.15, 0.2) is 88.1 Å². The molecule has 3 aromatic carbocycles. The maximum absolute atomic E-state index is 12.5. The third-order valence-corrected chi connectivity index (χ3v) is 4.44. The molecule has 0 aliphatic heterocycles. The van der Waals surface area contributed by atoms with E-state index >= 15 is 0 Å². The molecule has 1 aromatic heterocycles. The normalized spacial score (nSPS) is 10.7. The summed E-state index contributed by atoms with van der Waals surface area (Å²) in [7, 11) is 0. The highest BCUT2D eigenvalue weighted by Gasteiger charge is 2.14. The number of fused-ring (bicyclic) bond motifs is 1. The molecule has 0 aliphatic carbocycles. The summed E-state index contributed by atoms with van der Waals surface area (Å²) in [6.45, 7) is -0.207. The van der Waals surface area contributed by atoms with Gasteiger partial charge in [-0.3, -0.25) is 4.79 Å². The van der Waals surface area contributed by atoms with Crippen LogP contribution in [0.3, 0.4) is 0 Å². The fourth-order valence-corrected chi connectivity index (χ4v) is 2.99. The van der Waals surface area contributed by atoms with E-state index in [4.69, 9.17) is 13.9 Å². The first kappa shape index (κ1) is 19.3. The van der Waals surface area contributed by atoms with Crippen LogP contribution in [0.4, 0.5) is 0 Å². The maximum Gasteiger partial charge on any atom is 0.344 e. The molecule has 0 spiro atoms. The molecule has 0 fully saturated rings. The van der Waals surface area contributed by atoms with E-state index in [9.17, 15) is 14.7 Å². The Labute approximate surface area is 171 Å². The Morgan fingerprint density at radius 2 is 1.63 bits per heavy atom. The van der Waals surface area contributed by atoms with Crippen LogP contribution in [0.25, 0.3) is 22.3 Å². The highest BCUT2D eigenvalue weighted by Crippen LogP contribution is 2.31. The average Bonchev–Trinajstić information content (AvgIpc) is 2.77. The smallest absolute Gasteiger partial charge is 0.344 e. The minimum Gasteiger partial charge on any atom is -0.507 e. The van der Waals surface area contributed by atoms with Gasteiger partial charge in [0.05, 0.1) is 0 Å². The van der Waals surface area contributed by atoms with E-state index in [2.05, 4.69) is 0 Å². The summed E-state index contributed by atoms with van der Waals surface area (Å²) < 4.78 is 16.4. The van der Waals surface area contributed by atoms with Crippen molar-refractivity contribution in [3.05, 3.63) is 94.6 Å². The Kier molecular flexibility index (Phi) is 5.48. The van der Waals surface area contributed by atoms with Gasteiger partial charge in [0.15, 0.2) is 12.0 Å². The highest BCUT2D eigenvalue weighted by molar-refractivity contribution is 5.86.